The molecule has 1 amide bonds. The summed E-state index contributed by atoms with van der Waals surface area (Å²) >= 11 is 0. The second-order valence-corrected chi connectivity index (χ2v) is 7.24. The molecule has 0 radical (unpaired) electrons. The van der Waals surface area contributed by atoms with Crippen molar-refractivity contribution in [2.24, 2.45) is 0 Å². The molecule has 28 heavy (non-hydrogen) atoms. The Hall–Kier alpha value is -2.48. The van der Waals surface area contributed by atoms with Crippen molar-refractivity contribution < 1.29 is 27.5 Å². The number of alkyl halides is 4. The van der Waals surface area contributed by atoms with Gasteiger partial charge < -0.3 is 10.0 Å². The molecule has 2 aromatic rings. The number of pyridine rings is 1. The number of aromatic nitrogens is 1. The molecule has 8 heteroatoms. The predicted octanol–water partition coefficient (Wildman–Crippen LogP) is 3.77. The fourth-order valence-electron chi connectivity index (χ4n) is 3.96. The van der Waals surface area contributed by atoms with E-state index in [4.69, 9.17) is 0 Å². The minimum Gasteiger partial charge on any atom is -0.374 e. The number of amides is 1. The number of carbonyl (C=O) groups excluding carboxylic acids is 1. The van der Waals surface area contributed by atoms with E-state index in [1.807, 2.05) is 0 Å². The monoisotopic (exact) mass is 394 g/mol. The maximum atomic E-state index is 14.3. The number of hydrogen-bond donors (Lipinski definition) is 1. The fourth-order valence-corrected chi connectivity index (χ4v) is 3.96. The molecule has 0 fully saturated rings. The first-order valence-corrected chi connectivity index (χ1v) is 9.03. The molecule has 1 aliphatic carbocycles. The average Bonchev–Trinajstić information content (AvgIpc) is 2.88. The van der Waals surface area contributed by atoms with Crippen molar-refractivity contribution >= 4 is 11.6 Å². The normalized spacial score (nSPS) is 24.0. The van der Waals surface area contributed by atoms with Crippen LogP contribution in [-0.4, -0.2) is 28.7 Å². The summed E-state index contributed by atoms with van der Waals surface area (Å²) in [5.41, 5.74) is -2.47. The zero-order valence-corrected chi connectivity index (χ0v) is 14.8. The van der Waals surface area contributed by atoms with Gasteiger partial charge in [0.05, 0.1) is 6.42 Å². The molecule has 148 valence electrons. The third-order valence-corrected chi connectivity index (χ3v) is 5.48. The molecule has 2 atom stereocenters. The Morgan fingerprint density at radius 2 is 2.11 bits per heavy atom. The molecule has 0 saturated carbocycles. The summed E-state index contributed by atoms with van der Waals surface area (Å²) in [7, 11) is 0. The van der Waals surface area contributed by atoms with E-state index in [1.54, 1.807) is 24.5 Å². The van der Waals surface area contributed by atoms with Gasteiger partial charge in [-0.3, -0.25) is 9.78 Å². The number of rotatable bonds is 2. The summed E-state index contributed by atoms with van der Waals surface area (Å²) in [5.74, 6) is -0.225. The lowest BCUT2D eigenvalue weighted by Gasteiger charge is -2.44. The molecular weight excluding hydrogens is 376 g/mol. The Morgan fingerprint density at radius 3 is 2.79 bits per heavy atom. The molecule has 1 N–H and O–H groups in total. The van der Waals surface area contributed by atoms with Crippen molar-refractivity contribution in [1.29, 1.82) is 0 Å². The number of anilines is 1. The van der Waals surface area contributed by atoms with Gasteiger partial charge >= 0.3 is 6.18 Å². The van der Waals surface area contributed by atoms with E-state index in [0.29, 0.717) is 37.1 Å². The lowest BCUT2D eigenvalue weighted by atomic mass is 9.70. The number of aryl methyl sites for hydroxylation is 1. The molecule has 1 aromatic carbocycles. The number of halogens is 4. The lowest BCUT2D eigenvalue weighted by Crippen LogP contribution is -2.53. The van der Waals surface area contributed by atoms with Gasteiger partial charge in [-0.15, -0.1) is 0 Å². The Kier molecular flexibility index (Phi) is 4.41. The van der Waals surface area contributed by atoms with Crippen LogP contribution >= 0.6 is 0 Å². The first-order valence-electron chi connectivity index (χ1n) is 9.03. The third kappa shape index (κ3) is 2.78. The van der Waals surface area contributed by atoms with Gasteiger partial charge in [0.15, 0.2) is 6.17 Å². The third-order valence-electron chi connectivity index (χ3n) is 5.48. The minimum atomic E-state index is -5.10. The molecule has 4 nitrogen and oxygen atoms in total. The topological polar surface area (TPSA) is 53.4 Å². The second-order valence-electron chi connectivity index (χ2n) is 7.24. The molecule has 1 aromatic heterocycles. The zero-order chi connectivity index (χ0) is 20.1. The first-order chi connectivity index (χ1) is 13.2. The van der Waals surface area contributed by atoms with Crippen molar-refractivity contribution in [2.45, 2.75) is 43.6 Å². The number of fused-ring (bicyclic) bond motifs is 2. The largest absolute Gasteiger partial charge is 0.424 e. The Bertz CT molecular complexity index is 916. The van der Waals surface area contributed by atoms with Crippen LogP contribution in [0.5, 0.6) is 0 Å². The van der Waals surface area contributed by atoms with E-state index in [9.17, 15) is 27.5 Å². The second kappa shape index (κ2) is 6.55. The molecule has 1 aliphatic heterocycles. The van der Waals surface area contributed by atoms with E-state index in [-0.39, 0.29) is 17.9 Å². The number of nitrogens with zero attached hydrogens (tertiary/aromatic N) is 2. The van der Waals surface area contributed by atoms with Gasteiger partial charge in [-0.25, -0.2) is 4.39 Å². The number of hydrogen-bond acceptors (Lipinski definition) is 3. The summed E-state index contributed by atoms with van der Waals surface area (Å²) in [6.07, 6.45) is -2.57. The van der Waals surface area contributed by atoms with Crippen LogP contribution in [0.2, 0.25) is 0 Å². The van der Waals surface area contributed by atoms with Gasteiger partial charge in [0, 0.05) is 30.2 Å². The van der Waals surface area contributed by atoms with E-state index in [2.05, 4.69) is 4.98 Å². The molecule has 2 heterocycles. The van der Waals surface area contributed by atoms with Gasteiger partial charge in [-0.05, 0) is 54.2 Å². The maximum Gasteiger partial charge on any atom is 0.424 e. The Balaban J connectivity index is 1.71. The minimum absolute atomic E-state index is 0.0932. The van der Waals surface area contributed by atoms with Gasteiger partial charge in [0.2, 0.25) is 11.5 Å². The summed E-state index contributed by atoms with van der Waals surface area (Å²) in [4.78, 5) is 18.3. The predicted molar refractivity (Wildman–Crippen MR) is 93.5 cm³/mol. The molecule has 2 aliphatic rings. The van der Waals surface area contributed by atoms with Gasteiger partial charge in [0.1, 0.15) is 0 Å². The maximum absolute atomic E-state index is 14.3. The van der Waals surface area contributed by atoms with E-state index >= 15 is 0 Å². The van der Waals surface area contributed by atoms with Crippen LogP contribution in [0.3, 0.4) is 0 Å². The van der Waals surface area contributed by atoms with Crippen LogP contribution in [0.25, 0.3) is 0 Å². The SMILES string of the molecule is O=C(Cc1cccnc1)N1CCCCc2cc3c(cc21)[C@@H](F)C3(O)C(F)(F)F. The highest BCUT2D eigenvalue weighted by molar-refractivity contribution is 5.96. The van der Waals surface area contributed by atoms with Crippen LogP contribution in [0.4, 0.5) is 23.2 Å². The van der Waals surface area contributed by atoms with Crippen molar-refractivity contribution in [1.82, 2.24) is 4.98 Å². The van der Waals surface area contributed by atoms with Gasteiger partial charge in [-0.1, -0.05) is 6.07 Å². The van der Waals surface area contributed by atoms with Crippen molar-refractivity contribution in [3.63, 3.8) is 0 Å². The number of aliphatic hydroxyl groups is 1. The van der Waals surface area contributed by atoms with E-state index in [1.165, 1.54) is 17.0 Å². The van der Waals surface area contributed by atoms with Crippen molar-refractivity contribution in [3.05, 3.63) is 58.9 Å². The quantitative estimate of drug-likeness (QED) is 0.789. The highest BCUT2D eigenvalue weighted by Gasteiger charge is 2.68. The molecule has 4 rings (SSSR count). The van der Waals surface area contributed by atoms with E-state index in [0.717, 1.165) is 5.56 Å². The molecule has 0 spiro atoms. The van der Waals surface area contributed by atoms with Crippen molar-refractivity contribution in [2.75, 3.05) is 11.4 Å². The molecule has 1 unspecified atom stereocenters. The van der Waals surface area contributed by atoms with Gasteiger partial charge in [-0.2, -0.15) is 13.2 Å². The summed E-state index contributed by atoms with van der Waals surface area (Å²) < 4.78 is 54.0. The van der Waals surface area contributed by atoms with Crippen LogP contribution < -0.4 is 4.90 Å². The standard InChI is InChI=1S/C20H18F4N2O2/c21-18-14-10-16-13(9-15(14)19(18,28)20(22,23)24)5-1-2-7-26(16)17(27)8-12-4-3-6-25-11-12/h3-4,6,9-11,18,28H,1-2,5,7-8H2/t18-,19?/m1/s1. The van der Waals surface area contributed by atoms with E-state index < -0.39 is 23.5 Å². The van der Waals surface area contributed by atoms with Gasteiger partial charge in [0.25, 0.3) is 0 Å². The number of benzene rings is 1. The van der Waals surface area contributed by atoms with Crippen LogP contribution in [-0.2, 0) is 23.2 Å². The molecular formula is C20H18F4N2O2. The highest BCUT2D eigenvalue weighted by atomic mass is 19.4. The molecule has 0 bridgehead atoms. The Morgan fingerprint density at radius 1 is 1.32 bits per heavy atom. The van der Waals surface area contributed by atoms with Crippen LogP contribution in [0.15, 0.2) is 36.7 Å². The van der Waals surface area contributed by atoms with Crippen LogP contribution in [0, 0.1) is 0 Å². The van der Waals surface area contributed by atoms with Crippen molar-refractivity contribution in [3.8, 4) is 0 Å². The molecule has 0 saturated heterocycles. The summed E-state index contributed by atoms with van der Waals surface area (Å²) in [6.45, 7) is 0.408. The Labute approximate surface area is 158 Å². The summed E-state index contributed by atoms with van der Waals surface area (Å²) in [5, 5.41) is 9.92. The highest BCUT2D eigenvalue weighted by Crippen LogP contribution is 2.60. The first kappa shape index (κ1) is 18.9. The smallest absolute Gasteiger partial charge is 0.374 e. The lowest BCUT2D eigenvalue weighted by molar-refractivity contribution is -0.302. The van der Waals surface area contributed by atoms with Crippen LogP contribution in [0.1, 0.15) is 41.3 Å². The average molecular weight is 394 g/mol. The summed E-state index contributed by atoms with van der Waals surface area (Å²) in [6, 6.07) is 5.99. The zero-order valence-electron chi connectivity index (χ0n) is 14.8. The number of carbonyl (C=O) groups is 1. The fraction of sp³-hybridized carbons (Fsp3) is 0.400.